The molecule has 26 heavy (non-hydrogen) atoms. The van der Waals surface area contributed by atoms with Crippen LogP contribution in [0.4, 0.5) is 5.69 Å². The maximum atomic E-state index is 12.4. The molecule has 9 heteroatoms. The van der Waals surface area contributed by atoms with Gasteiger partial charge in [0.2, 0.25) is 15.9 Å². The maximum absolute atomic E-state index is 12.4. The van der Waals surface area contributed by atoms with Gasteiger partial charge in [0.25, 0.3) is 0 Å². The van der Waals surface area contributed by atoms with Crippen molar-refractivity contribution in [3.63, 3.8) is 0 Å². The van der Waals surface area contributed by atoms with Crippen LogP contribution in [0.25, 0.3) is 0 Å². The summed E-state index contributed by atoms with van der Waals surface area (Å²) in [6, 6.07) is 7.51. The number of aromatic nitrogens is 2. The highest BCUT2D eigenvalue weighted by Gasteiger charge is 2.29. The lowest BCUT2D eigenvalue weighted by Crippen LogP contribution is -2.40. The number of amides is 1. The lowest BCUT2D eigenvalue weighted by atomic mass is 9.97. The average molecular weight is 397 g/mol. The molecule has 140 valence electrons. The van der Waals surface area contributed by atoms with Crippen LogP contribution in [0.3, 0.4) is 0 Å². The first-order chi connectivity index (χ1) is 12.3. The highest BCUT2D eigenvalue weighted by atomic mass is 35.5. The quantitative estimate of drug-likeness (QED) is 0.839. The van der Waals surface area contributed by atoms with Crippen LogP contribution in [-0.2, 0) is 21.4 Å². The molecule has 2 heterocycles. The lowest BCUT2D eigenvalue weighted by Gasteiger charge is -2.29. The number of carbonyl (C=O) groups excluding carboxylic acids is 1. The number of benzene rings is 1. The van der Waals surface area contributed by atoms with E-state index in [0.29, 0.717) is 43.2 Å². The third kappa shape index (κ3) is 4.84. The third-order valence-corrected chi connectivity index (χ3v) is 6.01. The summed E-state index contributed by atoms with van der Waals surface area (Å²) in [4.78, 5) is 12.4. The monoisotopic (exact) mass is 396 g/mol. The molecule has 0 spiro atoms. The molecule has 0 saturated carbocycles. The van der Waals surface area contributed by atoms with Crippen LogP contribution in [0.1, 0.15) is 18.4 Å². The molecular formula is C17H21ClN4O3S. The predicted molar refractivity (Wildman–Crippen MR) is 101 cm³/mol. The zero-order valence-corrected chi connectivity index (χ0v) is 16.0. The van der Waals surface area contributed by atoms with E-state index in [1.165, 1.54) is 10.6 Å². The van der Waals surface area contributed by atoms with Crippen molar-refractivity contribution in [3.8, 4) is 0 Å². The summed E-state index contributed by atoms with van der Waals surface area (Å²) in [6.45, 7) is 1.35. The Hall–Kier alpha value is -1.90. The number of carbonyl (C=O) groups is 1. The molecule has 1 aromatic carbocycles. The van der Waals surface area contributed by atoms with E-state index in [4.69, 9.17) is 11.6 Å². The first kappa shape index (κ1) is 18.9. The van der Waals surface area contributed by atoms with E-state index in [1.807, 2.05) is 24.3 Å². The summed E-state index contributed by atoms with van der Waals surface area (Å²) >= 11 is 5.88. The van der Waals surface area contributed by atoms with Crippen LogP contribution < -0.4 is 5.32 Å². The summed E-state index contributed by atoms with van der Waals surface area (Å²) < 4.78 is 26.2. The number of hydrogen-bond acceptors (Lipinski definition) is 4. The number of sulfonamides is 1. The van der Waals surface area contributed by atoms with Gasteiger partial charge in [0.05, 0.1) is 24.7 Å². The third-order valence-electron chi connectivity index (χ3n) is 4.45. The molecule has 1 fully saturated rings. The van der Waals surface area contributed by atoms with Gasteiger partial charge in [-0.05, 0) is 30.5 Å². The highest BCUT2D eigenvalue weighted by Crippen LogP contribution is 2.21. The molecule has 3 rings (SSSR count). The van der Waals surface area contributed by atoms with E-state index in [0.717, 1.165) is 5.56 Å². The molecule has 7 nitrogen and oxygen atoms in total. The zero-order chi connectivity index (χ0) is 18.7. The summed E-state index contributed by atoms with van der Waals surface area (Å²) in [5.41, 5.74) is 1.69. The van der Waals surface area contributed by atoms with Gasteiger partial charge in [0.15, 0.2) is 0 Å². The van der Waals surface area contributed by atoms with Crippen molar-refractivity contribution in [3.05, 3.63) is 47.2 Å². The molecule has 0 atom stereocenters. The van der Waals surface area contributed by atoms with Crippen molar-refractivity contribution < 1.29 is 13.2 Å². The first-order valence-corrected chi connectivity index (χ1v) is 10.6. The standard InChI is InChI=1S/C17H21ClN4O3S/c1-26(24,25)22-8-6-14(7-9-22)17(23)20-16-10-19-21(12-16)11-13-2-4-15(18)5-3-13/h2-5,10,12,14H,6-9,11H2,1H3,(H,20,23). The molecule has 0 unspecified atom stereocenters. The van der Waals surface area contributed by atoms with Crippen LogP contribution in [0, 0.1) is 5.92 Å². The average Bonchev–Trinajstić information content (AvgIpc) is 3.03. The number of halogens is 1. The zero-order valence-electron chi connectivity index (χ0n) is 14.4. The molecule has 2 aromatic rings. The lowest BCUT2D eigenvalue weighted by molar-refractivity contribution is -0.120. The largest absolute Gasteiger partial charge is 0.323 e. The second-order valence-electron chi connectivity index (χ2n) is 6.48. The Morgan fingerprint density at radius 2 is 1.92 bits per heavy atom. The van der Waals surface area contributed by atoms with Crippen molar-refractivity contribution in [1.82, 2.24) is 14.1 Å². The molecule has 1 aromatic heterocycles. The summed E-state index contributed by atoms with van der Waals surface area (Å²) in [5, 5.41) is 7.81. The van der Waals surface area contributed by atoms with Gasteiger partial charge < -0.3 is 5.32 Å². The van der Waals surface area contributed by atoms with Crippen LogP contribution in [0.15, 0.2) is 36.7 Å². The molecule has 1 aliphatic heterocycles. The second kappa shape index (κ2) is 7.77. The maximum Gasteiger partial charge on any atom is 0.227 e. The summed E-state index contributed by atoms with van der Waals surface area (Å²) in [6.07, 6.45) is 5.63. The smallest absolute Gasteiger partial charge is 0.227 e. The number of piperidine rings is 1. The number of nitrogens with one attached hydrogen (secondary N) is 1. The van der Waals surface area contributed by atoms with Gasteiger partial charge in [0.1, 0.15) is 0 Å². The van der Waals surface area contributed by atoms with Crippen molar-refractivity contribution in [2.75, 3.05) is 24.7 Å². The number of nitrogens with zero attached hydrogens (tertiary/aromatic N) is 3. The Bertz CT molecular complexity index is 872. The van der Waals surface area contributed by atoms with E-state index in [9.17, 15) is 13.2 Å². The summed E-state index contributed by atoms with van der Waals surface area (Å²) in [5.74, 6) is -0.281. The fourth-order valence-electron chi connectivity index (χ4n) is 2.99. The molecule has 0 aliphatic carbocycles. The summed E-state index contributed by atoms with van der Waals surface area (Å²) in [7, 11) is -3.18. The Balaban J connectivity index is 1.54. The minimum absolute atomic E-state index is 0.0933. The number of hydrogen-bond donors (Lipinski definition) is 1. The van der Waals surface area contributed by atoms with Crippen LogP contribution in [0.5, 0.6) is 0 Å². The number of rotatable bonds is 5. The predicted octanol–water partition coefficient (Wildman–Crippen LogP) is 2.19. The Morgan fingerprint density at radius 3 is 2.54 bits per heavy atom. The molecular weight excluding hydrogens is 376 g/mol. The van der Waals surface area contributed by atoms with Gasteiger partial charge in [-0.2, -0.15) is 5.10 Å². The minimum atomic E-state index is -3.18. The van der Waals surface area contributed by atoms with Crippen molar-refractivity contribution in [1.29, 1.82) is 0 Å². The van der Waals surface area contributed by atoms with Crippen LogP contribution in [-0.4, -0.2) is 47.8 Å². The fourth-order valence-corrected chi connectivity index (χ4v) is 3.99. The molecule has 1 amide bonds. The fraction of sp³-hybridized carbons (Fsp3) is 0.412. The Kier molecular flexibility index (Phi) is 5.64. The van der Waals surface area contributed by atoms with Gasteiger partial charge in [-0.1, -0.05) is 23.7 Å². The number of anilines is 1. The first-order valence-electron chi connectivity index (χ1n) is 8.34. The second-order valence-corrected chi connectivity index (χ2v) is 8.90. The Morgan fingerprint density at radius 1 is 1.27 bits per heavy atom. The highest BCUT2D eigenvalue weighted by molar-refractivity contribution is 7.88. The van der Waals surface area contributed by atoms with Gasteiger partial charge in [-0.25, -0.2) is 12.7 Å². The normalized spacial score (nSPS) is 16.5. The Labute approximate surface area is 158 Å². The minimum Gasteiger partial charge on any atom is -0.323 e. The van der Waals surface area contributed by atoms with E-state index in [2.05, 4.69) is 10.4 Å². The molecule has 1 N–H and O–H groups in total. The van der Waals surface area contributed by atoms with Crippen molar-refractivity contribution >= 4 is 33.2 Å². The van der Waals surface area contributed by atoms with Crippen molar-refractivity contribution in [2.24, 2.45) is 5.92 Å². The topological polar surface area (TPSA) is 84.3 Å². The van der Waals surface area contributed by atoms with Gasteiger partial charge >= 0.3 is 0 Å². The van der Waals surface area contributed by atoms with Gasteiger partial charge in [-0.15, -0.1) is 0 Å². The molecule has 0 bridgehead atoms. The van der Waals surface area contributed by atoms with E-state index in [1.54, 1.807) is 17.1 Å². The van der Waals surface area contributed by atoms with E-state index >= 15 is 0 Å². The molecule has 1 aliphatic rings. The van der Waals surface area contributed by atoms with E-state index < -0.39 is 10.0 Å². The van der Waals surface area contributed by atoms with Gasteiger partial charge in [0, 0.05) is 30.2 Å². The SMILES string of the molecule is CS(=O)(=O)N1CCC(C(=O)Nc2cnn(Cc3ccc(Cl)cc3)c2)CC1. The molecule has 1 saturated heterocycles. The van der Waals surface area contributed by atoms with Crippen LogP contribution >= 0.6 is 11.6 Å². The van der Waals surface area contributed by atoms with Crippen molar-refractivity contribution in [2.45, 2.75) is 19.4 Å². The van der Waals surface area contributed by atoms with Gasteiger partial charge in [-0.3, -0.25) is 9.48 Å². The van der Waals surface area contributed by atoms with Crippen LogP contribution in [0.2, 0.25) is 5.02 Å². The molecule has 0 radical (unpaired) electrons. The van der Waals surface area contributed by atoms with E-state index in [-0.39, 0.29) is 11.8 Å².